The molecule has 0 aliphatic rings. The molecule has 3 heteroatoms. The van der Waals surface area contributed by atoms with Crippen LogP contribution in [0.25, 0.3) is 0 Å². The Morgan fingerprint density at radius 1 is 1.07 bits per heavy atom. The van der Waals surface area contributed by atoms with E-state index in [-0.39, 0.29) is 6.10 Å². The summed E-state index contributed by atoms with van der Waals surface area (Å²) < 4.78 is 10.4. The molecule has 0 aliphatic carbocycles. The SMILES string of the molecule is CCCCCC(O)COCCOCC. The van der Waals surface area contributed by atoms with E-state index in [4.69, 9.17) is 9.47 Å². The summed E-state index contributed by atoms with van der Waals surface area (Å²) in [5.74, 6) is 0. The van der Waals surface area contributed by atoms with Gasteiger partial charge in [-0.3, -0.25) is 0 Å². The van der Waals surface area contributed by atoms with E-state index < -0.39 is 0 Å². The van der Waals surface area contributed by atoms with Gasteiger partial charge in [-0.05, 0) is 13.3 Å². The highest BCUT2D eigenvalue weighted by molar-refractivity contribution is 4.53. The molecule has 1 unspecified atom stereocenters. The minimum Gasteiger partial charge on any atom is -0.391 e. The molecule has 0 amide bonds. The van der Waals surface area contributed by atoms with Crippen LogP contribution >= 0.6 is 0 Å². The molecule has 0 saturated heterocycles. The maximum atomic E-state index is 9.47. The number of unbranched alkanes of at least 4 members (excludes halogenated alkanes) is 2. The normalized spacial score (nSPS) is 13.1. The van der Waals surface area contributed by atoms with E-state index >= 15 is 0 Å². The molecule has 86 valence electrons. The minimum atomic E-state index is -0.303. The van der Waals surface area contributed by atoms with Crippen molar-refractivity contribution in [1.82, 2.24) is 0 Å². The smallest absolute Gasteiger partial charge is 0.0773 e. The molecule has 0 aliphatic heterocycles. The van der Waals surface area contributed by atoms with Crippen molar-refractivity contribution in [2.24, 2.45) is 0 Å². The second-order valence-corrected chi connectivity index (χ2v) is 3.42. The summed E-state index contributed by atoms with van der Waals surface area (Å²) in [6.45, 7) is 6.49. The Balaban J connectivity index is 3.06. The van der Waals surface area contributed by atoms with Crippen molar-refractivity contribution >= 4 is 0 Å². The van der Waals surface area contributed by atoms with E-state index in [0.717, 1.165) is 19.4 Å². The van der Waals surface area contributed by atoms with Crippen molar-refractivity contribution in [3.63, 3.8) is 0 Å². The zero-order valence-corrected chi connectivity index (χ0v) is 9.50. The van der Waals surface area contributed by atoms with Crippen molar-refractivity contribution in [2.45, 2.75) is 45.6 Å². The van der Waals surface area contributed by atoms with E-state index in [1.807, 2.05) is 6.92 Å². The van der Waals surface area contributed by atoms with Crippen molar-refractivity contribution in [2.75, 3.05) is 26.4 Å². The van der Waals surface area contributed by atoms with Gasteiger partial charge in [-0.2, -0.15) is 0 Å². The molecular weight excluding hydrogens is 180 g/mol. The van der Waals surface area contributed by atoms with Crippen LogP contribution in [-0.2, 0) is 9.47 Å². The summed E-state index contributed by atoms with van der Waals surface area (Å²) >= 11 is 0. The Morgan fingerprint density at radius 3 is 2.43 bits per heavy atom. The van der Waals surface area contributed by atoms with E-state index in [1.165, 1.54) is 12.8 Å². The summed E-state index contributed by atoms with van der Waals surface area (Å²) in [6, 6.07) is 0. The van der Waals surface area contributed by atoms with Crippen LogP contribution in [-0.4, -0.2) is 37.6 Å². The van der Waals surface area contributed by atoms with Crippen molar-refractivity contribution in [1.29, 1.82) is 0 Å². The highest BCUT2D eigenvalue weighted by atomic mass is 16.5. The third-order valence-electron chi connectivity index (χ3n) is 2.03. The van der Waals surface area contributed by atoms with Gasteiger partial charge in [0.05, 0.1) is 25.9 Å². The summed E-state index contributed by atoms with van der Waals surface area (Å²) in [7, 11) is 0. The second kappa shape index (κ2) is 11.0. The third kappa shape index (κ3) is 9.96. The molecular formula is C11H24O3. The summed E-state index contributed by atoms with van der Waals surface area (Å²) in [4.78, 5) is 0. The Kier molecular flexibility index (Phi) is 10.9. The van der Waals surface area contributed by atoms with Crippen LogP contribution in [0.5, 0.6) is 0 Å². The fourth-order valence-corrected chi connectivity index (χ4v) is 1.19. The Bertz CT molecular complexity index is 107. The Hall–Kier alpha value is -0.120. The van der Waals surface area contributed by atoms with Crippen LogP contribution in [0.3, 0.4) is 0 Å². The Labute approximate surface area is 87.4 Å². The fourth-order valence-electron chi connectivity index (χ4n) is 1.19. The standard InChI is InChI=1S/C11H24O3/c1-3-5-6-7-11(12)10-14-9-8-13-4-2/h11-12H,3-10H2,1-2H3. The van der Waals surface area contributed by atoms with Gasteiger partial charge in [0, 0.05) is 6.61 Å². The molecule has 1 N–H and O–H groups in total. The van der Waals surface area contributed by atoms with Crippen LogP contribution in [0.4, 0.5) is 0 Å². The zero-order valence-electron chi connectivity index (χ0n) is 9.50. The van der Waals surface area contributed by atoms with E-state index in [1.54, 1.807) is 0 Å². The monoisotopic (exact) mass is 204 g/mol. The molecule has 1 atom stereocenters. The van der Waals surface area contributed by atoms with Crippen LogP contribution in [0.1, 0.15) is 39.5 Å². The number of ether oxygens (including phenoxy) is 2. The molecule has 0 fully saturated rings. The predicted octanol–water partition coefficient (Wildman–Crippen LogP) is 1.98. The van der Waals surface area contributed by atoms with Crippen LogP contribution in [0.2, 0.25) is 0 Å². The molecule has 0 heterocycles. The third-order valence-corrected chi connectivity index (χ3v) is 2.03. The molecule has 0 aromatic heterocycles. The van der Waals surface area contributed by atoms with E-state index in [2.05, 4.69) is 6.92 Å². The first-order valence-electron chi connectivity index (χ1n) is 5.64. The van der Waals surface area contributed by atoms with Crippen LogP contribution in [0, 0.1) is 0 Å². The maximum Gasteiger partial charge on any atom is 0.0773 e. The number of hydrogen-bond acceptors (Lipinski definition) is 3. The highest BCUT2D eigenvalue weighted by Crippen LogP contribution is 2.03. The molecule has 0 bridgehead atoms. The maximum absolute atomic E-state index is 9.47. The largest absolute Gasteiger partial charge is 0.391 e. The highest BCUT2D eigenvalue weighted by Gasteiger charge is 2.02. The van der Waals surface area contributed by atoms with Gasteiger partial charge in [0.2, 0.25) is 0 Å². The molecule has 0 radical (unpaired) electrons. The first-order valence-corrected chi connectivity index (χ1v) is 5.64. The topological polar surface area (TPSA) is 38.7 Å². The lowest BCUT2D eigenvalue weighted by atomic mass is 10.1. The van der Waals surface area contributed by atoms with Gasteiger partial charge >= 0.3 is 0 Å². The summed E-state index contributed by atoms with van der Waals surface area (Å²) in [6.07, 6.45) is 4.02. The van der Waals surface area contributed by atoms with Crippen molar-refractivity contribution in [3.05, 3.63) is 0 Å². The van der Waals surface area contributed by atoms with Gasteiger partial charge in [0.15, 0.2) is 0 Å². The first-order chi connectivity index (χ1) is 6.81. The van der Waals surface area contributed by atoms with E-state index in [0.29, 0.717) is 19.8 Å². The molecule has 0 aromatic rings. The van der Waals surface area contributed by atoms with Gasteiger partial charge in [-0.25, -0.2) is 0 Å². The summed E-state index contributed by atoms with van der Waals surface area (Å²) in [5.41, 5.74) is 0. The number of aliphatic hydroxyl groups excluding tert-OH is 1. The zero-order chi connectivity index (χ0) is 10.6. The van der Waals surface area contributed by atoms with Crippen LogP contribution < -0.4 is 0 Å². The lowest BCUT2D eigenvalue weighted by molar-refractivity contribution is 0.00280. The molecule has 0 saturated carbocycles. The average molecular weight is 204 g/mol. The van der Waals surface area contributed by atoms with Gasteiger partial charge in [-0.1, -0.05) is 26.2 Å². The molecule has 14 heavy (non-hydrogen) atoms. The Morgan fingerprint density at radius 2 is 1.79 bits per heavy atom. The quantitative estimate of drug-likeness (QED) is 0.553. The molecule has 0 spiro atoms. The summed E-state index contributed by atoms with van der Waals surface area (Å²) in [5, 5.41) is 9.47. The number of aliphatic hydroxyl groups is 1. The van der Waals surface area contributed by atoms with Gasteiger partial charge in [-0.15, -0.1) is 0 Å². The van der Waals surface area contributed by atoms with Crippen molar-refractivity contribution < 1.29 is 14.6 Å². The number of hydrogen-bond donors (Lipinski definition) is 1. The molecule has 3 nitrogen and oxygen atoms in total. The van der Waals surface area contributed by atoms with Gasteiger partial charge < -0.3 is 14.6 Å². The van der Waals surface area contributed by atoms with Crippen LogP contribution in [0.15, 0.2) is 0 Å². The van der Waals surface area contributed by atoms with Crippen molar-refractivity contribution in [3.8, 4) is 0 Å². The van der Waals surface area contributed by atoms with E-state index in [9.17, 15) is 5.11 Å². The second-order valence-electron chi connectivity index (χ2n) is 3.42. The fraction of sp³-hybridized carbons (Fsp3) is 1.00. The molecule has 0 rings (SSSR count). The van der Waals surface area contributed by atoms with Gasteiger partial charge in [0.25, 0.3) is 0 Å². The molecule has 0 aromatic carbocycles. The average Bonchev–Trinajstić information content (AvgIpc) is 2.18. The minimum absolute atomic E-state index is 0.303. The lowest BCUT2D eigenvalue weighted by Crippen LogP contribution is -2.17. The lowest BCUT2D eigenvalue weighted by Gasteiger charge is -2.10. The first kappa shape index (κ1) is 13.9. The van der Waals surface area contributed by atoms with Gasteiger partial charge in [0.1, 0.15) is 0 Å². The predicted molar refractivity (Wildman–Crippen MR) is 57.5 cm³/mol. The number of rotatable bonds is 10.